The zero-order valence-corrected chi connectivity index (χ0v) is 13.9. The van der Waals surface area contributed by atoms with Gasteiger partial charge in [0.15, 0.2) is 0 Å². The first-order valence-corrected chi connectivity index (χ1v) is 8.73. The predicted octanol–water partition coefficient (Wildman–Crippen LogP) is 4.13. The summed E-state index contributed by atoms with van der Waals surface area (Å²) >= 11 is 0. The topological polar surface area (TPSA) is 23.6 Å². The summed E-state index contributed by atoms with van der Waals surface area (Å²) in [7, 11) is 0. The predicted molar refractivity (Wildman–Crippen MR) is 91.3 cm³/mol. The van der Waals surface area contributed by atoms with E-state index in [1.165, 1.54) is 12.1 Å². The Labute approximate surface area is 145 Å². The largest absolute Gasteiger partial charge is 0.325 e. The maximum atomic E-state index is 14.6. The lowest BCUT2D eigenvalue weighted by atomic mass is 9.88. The molecule has 1 saturated heterocycles. The van der Waals surface area contributed by atoms with E-state index < -0.39 is 17.7 Å². The van der Waals surface area contributed by atoms with Crippen molar-refractivity contribution in [2.24, 2.45) is 0 Å². The van der Waals surface area contributed by atoms with E-state index in [4.69, 9.17) is 0 Å². The Morgan fingerprint density at radius 1 is 0.960 bits per heavy atom. The molecule has 2 aromatic rings. The van der Waals surface area contributed by atoms with Crippen LogP contribution in [0.3, 0.4) is 0 Å². The highest BCUT2D eigenvalue weighted by Gasteiger charge is 2.36. The van der Waals surface area contributed by atoms with Crippen molar-refractivity contribution in [3.05, 3.63) is 70.8 Å². The van der Waals surface area contributed by atoms with Gasteiger partial charge in [0, 0.05) is 31.3 Å². The summed E-state index contributed by atoms with van der Waals surface area (Å²) in [5, 5.41) is 0. The van der Waals surface area contributed by atoms with Gasteiger partial charge in [0.2, 0.25) is 0 Å². The van der Waals surface area contributed by atoms with Crippen LogP contribution in [0.4, 0.5) is 13.6 Å². The lowest BCUT2D eigenvalue weighted by molar-refractivity contribution is 0.145. The number of halogens is 2. The summed E-state index contributed by atoms with van der Waals surface area (Å²) in [6.45, 7) is 2.03. The first-order valence-electron chi connectivity index (χ1n) is 8.73. The van der Waals surface area contributed by atoms with Crippen molar-refractivity contribution < 1.29 is 13.6 Å². The summed E-state index contributed by atoms with van der Waals surface area (Å²) in [6, 6.07) is 10.8. The highest BCUT2D eigenvalue weighted by atomic mass is 19.1. The van der Waals surface area contributed by atoms with Crippen LogP contribution in [-0.4, -0.2) is 35.5 Å². The minimum absolute atomic E-state index is 0.0549. The molecule has 0 spiro atoms. The van der Waals surface area contributed by atoms with Crippen LogP contribution in [0.25, 0.3) is 0 Å². The fourth-order valence-corrected chi connectivity index (χ4v) is 3.92. The molecule has 0 aliphatic carbocycles. The molecule has 0 saturated carbocycles. The molecule has 2 heterocycles. The maximum Gasteiger partial charge on any atom is 0.320 e. The third-order valence-corrected chi connectivity index (χ3v) is 5.16. The minimum atomic E-state index is -0.610. The molecule has 0 N–H and O–H groups in total. The Balaban J connectivity index is 1.79. The van der Waals surface area contributed by atoms with E-state index in [1.807, 2.05) is 29.2 Å². The van der Waals surface area contributed by atoms with Gasteiger partial charge in [0.05, 0.1) is 6.04 Å². The maximum absolute atomic E-state index is 14.6. The van der Waals surface area contributed by atoms with E-state index in [0.717, 1.165) is 49.5 Å². The summed E-state index contributed by atoms with van der Waals surface area (Å²) < 4.78 is 27.9. The van der Waals surface area contributed by atoms with Gasteiger partial charge < -0.3 is 9.80 Å². The van der Waals surface area contributed by atoms with Gasteiger partial charge in [-0.15, -0.1) is 0 Å². The Morgan fingerprint density at radius 3 is 2.48 bits per heavy atom. The fraction of sp³-hybridized carbons (Fsp3) is 0.350. The van der Waals surface area contributed by atoms with Gasteiger partial charge in [-0.25, -0.2) is 13.6 Å². The van der Waals surface area contributed by atoms with Gasteiger partial charge >= 0.3 is 6.03 Å². The van der Waals surface area contributed by atoms with Crippen LogP contribution in [0.15, 0.2) is 42.5 Å². The summed E-state index contributed by atoms with van der Waals surface area (Å²) in [5.74, 6) is -1.22. The standard InChI is InChI=1S/C20H20F2N2O/c21-15-7-8-17(18(22)13-15)19-16-6-2-1-5-14(16)9-12-24(19)20(25)23-10-3-4-11-23/h1-2,5-8,13,19H,3-4,9-12H2. The molecule has 2 aliphatic rings. The van der Waals surface area contributed by atoms with E-state index in [9.17, 15) is 13.6 Å². The molecule has 2 aromatic carbocycles. The number of likely N-dealkylation sites (tertiary alicyclic amines) is 1. The van der Waals surface area contributed by atoms with Crippen LogP contribution in [0.1, 0.15) is 35.6 Å². The van der Waals surface area contributed by atoms with Crippen molar-refractivity contribution in [1.82, 2.24) is 9.80 Å². The lowest BCUT2D eigenvalue weighted by Gasteiger charge is -2.39. The molecule has 2 amide bonds. The van der Waals surface area contributed by atoms with Gasteiger partial charge in [0.25, 0.3) is 0 Å². The van der Waals surface area contributed by atoms with Crippen molar-refractivity contribution in [2.75, 3.05) is 19.6 Å². The monoisotopic (exact) mass is 342 g/mol. The summed E-state index contributed by atoms with van der Waals surface area (Å²) in [6.07, 6.45) is 2.76. The normalized spacial score (nSPS) is 19.8. The molecule has 4 rings (SSSR count). The zero-order valence-electron chi connectivity index (χ0n) is 13.9. The van der Waals surface area contributed by atoms with Crippen LogP contribution in [0, 0.1) is 11.6 Å². The second-order valence-corrected chi connectivity index (χ2v) is 6.69. The Bertz CT molecular complexity index is 802. The molecule has 0 radical (unpaired) electrons. The molecule has 2 aliphatic heterocycles. The van der Waals surface area contributed by atoms with Crippen LogP contribution >= 0.6 is 0 Å². The molecule has 5 heteroatoms. The Morgan fingerprint density at radius 2 is 1.72 bits per heavy atom. The Kier molecular flexibility index (Phi) is 4.15. The van der Waals surface area contributed by atoms with E-state index in [0.29, 0.717) is 12.1 Å². The van der Waals surface area contributed by atoms with Crippen LogP contribution < -0.4 is 0 Å². The average Bonchev–Trinajstić information content (AvgIpc) is 3.15. The fourth-order valence-electron chi connectivity index (χ4n) is 3.92. The lowest BCUT2D eigenvalue weighted by Crippen LogP contribution is -2.47. The van der Waals surface area contributed by atoms with Gasteiger partial charge in [-0.3, -0.25) is 0 Å². The molecule has 25 heavy (non-hydrogen) atoms. The molecule has 3 nitrogen and oxygen atoms in total. The number of hydrogen-bond acceptors (Lipinski definition) is 1. The van der Waals surface area contributed by atoms with E-state index in [1.54, 1.807) is 4.90 Å². The van der Waals surface area contributed by atoms with Crippen LogP contribution in [-0.2, 0) is 6.42 Å². The van der Waals surface area contributed by atoms with Crippen LogP contribution in [0.5, 0.6) is 0 Å². The number of nitrogens with zero attached hydrogens (tertiary/aromatic N) is 2. The molecule has 1 atom stereocenters. The summed E-state index contributed by atoms with van der Waals surface area (Å²) in [5.41, 5.74) is 2.38. The first kappa shape index (κ1) is 16.1. The minimum Gasteiger partial charge on any atom is -0.325 e. The molecule has 1 fully saturated rings. The molecular weight excluding hydrogens is 322 g/mol. The van der Waals surface area contributed by atoms with E-state index >= 15 is 0 Å². The summed E-state index contributed by atoms with van der Waals surface area (Å²) in [4.78, 5) is 16.6. The third kappa shape index (κ3) is 2.88. The highest BCUT2D eigenvalue weighted by Crippen LogP contribution is 2.37. The zero-order chi connectivity index (χ0) is 17.4. The number of carbonyl (C=O) groups is 1. The van der Waals surface area contributed by atoms with Gasteiger partial charge in [0.1, 0.15) is 11.6 Å². The Hall–Kier alpha value is -2.43. The van der Waals surface area contributed by atoms with Crippen molar-refractivity contribution in [3.8, 4) is 0 Å². The van der Waals surface area contributed by atoms with Crippen molar-refractivity contribution >= 4 is 6.03 Å². The van der Waals surface area contributed by atoms with Crippen LogP contribution in [0.2, 0.25) is 0 Å². The third-order valence-electron chi connectivity index (χ3n) is 5.16. The van der Waals surface area contributed by atoms with Gasteiger partial charge in [-0.1, -0.05) is 30.3 Å². The molecule has 1 unspecified atom stereocenters. The molecule has 0 bridgehead atoms. The van der Waals surface area contributed by atoms with E-state index in [-0.39, 0.29) is 6.03 Å². The number of urea groups is 1. The van der Waals surface area contributed by atoms with Crippen molar-refractivity contribution in [3.63, 3.8) is 0 Å². The number of hydrogen-bond donors (Lipinski definition) is 0. The number of carbonyl (C=O) groups excluding carboxylic acids is 1. The number of rotatable bonds is 1. The molecular formula is C20H20F2N2O. The van der Waals surface area contributed by atoms with Gasteiger partial charge in [-0.2, -0.15) is 0 Å². The smallest absolute Gasteiger partial charge is 0.320 e. The molecule has 0 aromatic heterocycles. The second kappa shape index (κ2) is 6.47. The number of benzene rings is 2. The van der Waals surface area contributed by atoms with Gasteiger partial charge in [-0.05, 0) is 36.5 Å². The second-order valence-electron chi connectivity index (χ2n) is 6.69. The average molecular weight is 342 g/mol. The SMILES string of the molecule is O=C(N1CCCC1)N1CCc2ccccc2C1c1ccc(F)cc1F. The quantitative estimate of drug-likeness (QED) is 0.764. The molecule has 130 valence electrons. The van der Waals surface area contributed by atoms with Crippen molar-refractivity contribution in [2.45, 2.75) is 25.3 Å². The number of amides is 2. The first-order chi connectivity index (χ1) is 12.1. The number of fused-ring (bicyclic) bond motifs is 1. The van der Waals surface area contributed by atoms with E-state index in [2.05, 4.69) is 0 Å². The highest BCUT2D eigenvalue weighted by molar-refractivity contribution is 5.76. The van der Waals surface area contributed by atoms with Crippen molar-refractivity contribution in [1.29, 1.82) is 0 Å².